The van der Waals surface area contributed by atoms with Gasteiger partial charge < -0.3 is 5.73 Å². The Morgan fingerprint density at radius 2 is 2.20 bits per heavy atom. The molecule has 80 valence electrons. The van der Waals surface area contributed by atoms with Crippen molar-refractivity contribution in [2.45, 2.75) is 19.4 Å². The van der Waals surface area contributed by atoms with Crippen LogP contribution in [0.3, 0.4) is 0 Å². The summed E-state index contributed by atoms with van der Waals surface area (Å²) in [4.78, 5) is 8.15. The molecule has 1 aromatic heterocycles. The standard InChI is InChI=1S/C12H17N3/c1-3-4-5-11(14-2)12(13)10-6-8-15-9-7-10/h4-9,12H,3,13H2,1-2H3/b5-4-,14-11?. The second-order valence-corrected chi connectivity index (χ2v) is 3.22. The minimum atomic E-state index is -0.166. The molecule has 0 amide bonds. The van der Waals surface area contributed by atoms with Crippen molar-refractivity contribution in [1.29, 1.82) is 0 Å². The van der Waals surface area contributed by atoms with E-state index in [9.17, 15) is 0 Å². The Balaban J connectivity index is 2.83. The Labute approximate surface area is 90.8 Å². The van der Waals surface area contributed by atoms with Gasteiger partial charge in [0, 0.05) is 19.4 Å². The first-order valence-corrected chi connectivity index (χ1v) is 5.08. The van der Waals surface area contributed by atoms with Crippen molar-refractivity contribution in [3.63, 3.8) is 0 Å². The van der Waals surface area contributed by atoms with Crippen molar-refractivity contribution in [2.24, 2.45) is 10.7 Å². The summed E-state index contributed by atoms with van der Waals surface area (Å²) in [6, 6.07) is 3.66. The predicted molar refractivity (Wildman–Crippen MR) is 64.0 cm³/mol. The number of hydrogen-bond donors (Lipinski definition) is 1. The van der Waals surface area contributed by atoms with Crippen molar-refractivity contribution in [3.05, 3.63) is 42.2 Å². The van der Waals surface area contributed by atoms with E-state index in [0.29, 0.717) is 0 Å². The summed E-state index contributed by atoms with van der Waals surface area (Å²) in [5, 5.41) is 0. The number of rotatable bonds is 4. The van der Waals surface area contributed by atoms with Gasteiger partial charge in [0.15, 0.2) is 0 Å². The van der Waals surface area contributed by atoms with E-state index >= 15 is 0 Å². The SMILES string of the molecule is CC/C=C\C(=NC)C(N)c1ccncc1. The molecule has 0 aliphatic rings. The van der Waals surface area contributed by atoms with Gasteiger partial charge >= 0.3 is 0 Å². The third-order valence-electron chi connectivity index (χ3n) is 2.17. The summed E-state index contributed by atoms with van der Waals surface area (Å²) >= 11 is 0. The van der Waals surface area contributed by atoms with Crippen LogP contribution in [-0.4, -0.2) is 17.7 Å². The van der Waals surface area contributed by atoms with Crippen LogP contribution in [0.5, 0.6) is 0 Å². The Kier molecular flexibility index (Phi) is 4.71. The molecule has 0 bridgehead atoms. The summed E-state index contributed by atoms with van der Waals surface area (Å²) in [5.41, 5.74) is 8.01. The van der Waals surface area contributed by atoms with Crippen molar-refractivity contribution >= 4 is 5.71 Å². The van der Waals surface area contributed by atoms with Crippen LogP contribution in [0.4, 0.5) is 0 Å². The molecule has 0 aromatic carbocycles. The summed E-state index contributed by atoms with van der Waals surface area (Å²) in [6.07, 6.45) is 8.51. The second-order valence-electron chi connectivity index (χ2n) is 3.22. The lowest BCUT2D eigenvalue weighted by atomic mass is 10.0. The molecule has 1 heterocycles. The molecule has 0 saturated carbocycles. The first kappa shape index (κ1) is 11.6. The largest absolute Gasteiger partial charge is 0.319 e. The van der Waals surface area contributed by atoms with E-state index in [0.717, 1.165) is 17.7 Å². The maximum absolute atomic E-state index is 6.08. The monoisotopic (exact) mass is 203 g/mol. The molecular formula is C12H17N3. The molecule has 1 aromatic rings. The highest BCUT2D eigenvalue weighted by Gasteiger charge is 2.09. The van der Waals surface area contributed by atoms with E-state index in [-0.39, 0.29) is 6.04 Å². The van der Waals surface area contributed by atoms with Crippen molar-refractivity contribution < 1.29 is 0 Å². The fourth-order valence-electron chi connectivity index (χ4n) is 1.30. The molecule has 0 saturated heterocycles. The van der Waals surface area contributed by atoms with Gasteiger partial charge in [-0.25, -0.2) is 0 Å². The average Bonchev–Trinajstić information content (AvgIpc) is 2.31. The third kappa shape index (κ3) is 3.29. The molecule has 1 unspecified atom stereocenters. The van der Waals surface area contributed by atoms with Crippen molar-refractivity contribution in [3.8, 4) is 0 Å². The minimum absolute atomic E-state index is 0.166. The molecule has 2 N–H and O–H groups in total. The number of aliphatic imine (C=N–C) groups is 1. The minimum Gasteiger partial charge on any atom is -0.319 e. The van der Waals surface area contributed by atoms with E-state index in [4.69, 9.17) is 5.73 Å². The van der Waals surface area contributed by atoms with Gasteiger partial charge in [-0.2, -0.15) is 0 Å². The summed E-state index contributed by atoms with van der Waals surface area (Å²) in [5.74, 6) is 0. The van der Waals surface area contributed by atoms with Crippen LogP contribution >= 0.6 is 0 Å². The van der Waals surface area contributed by atoms with E-state index in [1.807, 2.05) is 18.2 Å². The molecular weight excluding hydrogens is 186 g/mol. The molecule has 0 radical (unpaired) electrons. The highest BCUT2D eigenvalue weighted by molar-refractivity contribution is 5.99. The molecule has 0 fully saturated rings. The fourth-order valence-corrected chi connectivity index (χ4v) is 1.30. The maximum Gasteiger partial charge on any atom is 0.0722 e. The number of nitrogens with two attached hydrogens (primary N) is 1. The van der Waals surface area contributed by atoms with Crippen LogP contribution in [0.15, 0.2) is 41.7 Å². The Morgan fingerprint density at radius 3 is 2.73 bits per heavy atom. The van der Waals surface area contributed by atoms with Crippen LogP contribution in [-0.2, 0) is 0 Å². The zero-order chi connectivity index (χ0) is 11.1. The molecule has 0 spiro atoms. The quantitative estimate of drug-likeness (QED) is 0.762. The highest BCUT2D eigenvalue weighted by Crippen LogP contribution is 2.11. The summed E-state index contributed by atoms with van der Waals surface area (Å²) < 4.78 is 0. The van der Waals surface area contributed by atoms with E-state index in [1.54, 1.807) is 19.4 Å². The van der Waals surface area contributed by atoms with Gasteiger partial charge in [-0.1, -0.05) is 13.0 Å². The topological polar surface area (TPSA) is 51.3 Å². The lowest BCUT2D eigenvalue weighted by molar-refractivity contribution is 0.953. The Hall–Kier alpha value is -1.48. The highest BCUT2D eigenvalue weighted by atomic mass is 14.8. The molecule has 3 heteroatoms. The number of nitrogens with zero attached hydrogens (tertiary/aromatic N) is 2. The first-order valence-electron chi connectivity index (χ1n) is 5.08. The zero-order valence-corrected chi connectivity index (χ0v) is 9.22. The Bertz CT molecular complexity index is 341. The van der Waals surface area contributed by atoms with Gasteiger partial charge in [-0.05, 0) is 30.2 Å². The van der Waals surface area contributed by atoms with Crippen LogP contribution in [0.1, 0.15) is 24.9 Å². The molecule has 3 nitrogen and oxygen atoms in total. The van der Waals surface area contributed by atoms with Gasteiger partial charge in [-0.3, -0.25) is 9.98 Å². The number of hydrogen-bond acceptors (Lipinski definition) is 3. The van der Waals surface area contributed by atoms with Crippen molar-refractivity contribution in [1.82, 2.24) is 4.98 Å². The molecule has 1 atom stereocenters. The predicted octanol–water partition coefficient (Wildman–Crippen LogP) is 2.12. The molecule has 0 aliphatic heterocycles. The van der Waals surface area contributed by atoms with Gasteiger partial charge in [0.2, 0.25) is 0 Å². The van der Waals surface area contributed by atoms with E-state index in [2.05, 4.69) is 23.0 Å². The normalized spacial score (nSPS) is 14.5. The summed E-state index contributed by atoms with van der Waals surface area (Å²) in [7, 11) is 1.76. The van der Waals surface area contributed by atoms with Crippen LogP contribution < -0.4 is 5.73 Å². The fraction of sp³-hybridized carbons (Fsp3) is 0.333. The lowest BCUT2D eigenvalue weighted by Crippen LogP contribution is -2.19. The van der Waals surface area contributed by atoms with E-state index in [1.165, 1.54) is 0 Å². The second kappa shape index (κ2) is 6.09. The van der Waals surface area contributed by atoms with Crippen LogP contribution in [0.2, 0.25) is 0 Å². The average molecular weight is 203 g/mol. The first-order chi connectivity index (χ1) is 7.29. The number of allylic oxidation sites excluding steroid dienone is 1. The third-order valence-corrected chi connectivity index (χ3v) is 2.17. The lowest BCUT2D eigenvalue weighted by Gasteiger charge is -2.11. The smallest absolute Gasteiger partial charge is 0.0722 e. The van der Waals surface area contributed by atoms with Gasteiger partial charge in [0.25, 0.3) is 0 Å². The Morgan fingerprint density at radius 1 is 1.53 bits per heavy atom. The molecule has 1 rings (SSSR count). The van der Waals surface area contributed by atoms with E-state index < -0.39 is 0 Å². The van der Waals surface area contributed by atoms with Gasteiger partial charge in [0.1, 0.15) is 0 Å². The zero-order valence-electron chi connectivity index (χ0n) is 9.22. The maximum atomic E-state index is 6.08. The number of pyridine rings is 1. The van der Waals surface area contributed by atoms with Crippen LogP contribution in [0, 0.1) is 0 Å². The summed E-state index contributed by atoms with van der Waals surface area (Å²) in [6.45, 7) is 2.09. The van der Waals surface area contributed by atoms with Gasteiger partial charge in [-0.15, -0.1) is 0 Å². The molecule has 15 heavy (non-hydrogen) atoms. The number of aromatic nitrogens is 1. The van der Waals surface area contributed by atoms with Crippen LogP contribution in [0.25, 0.3) is 0 Å². The molecule has 0 aliphatic carbocycles. The van der Waals surface area contributed by atoms with Crippen molar-refractivity contribution in [2.75, 3.05) is 7.05 Å². The van der Waals surface area contributed by atoms with Gasteiger partial charge in [0.05, 0.1) is 11.8 Å².